The molecule has 1 aromatic rings. The molecule has 0 aliphatic carbocycles. The first-order valence-electron chi connectivity index (χ1n) is 3.59. The average molecular weight is 608 g/mol. The van der Waals surface area contributed by atoms with Crippen molar-refractivity contribution in [2.24, 2.45) is 0 Å². The van der Waals surface area contributed by atoms with Crippen LogP contribution < -0.4 is 0 Å². The van der Waals surface area contributed by atoms with Gasteiger partial charge in [-0.3, -0.25) is 0 Å². The molecule has 60 valence electrons. The van der Waals surface area contributed by atoms with Gasteiger partial charge in [0.05, 0.1) is 0 Å². The van der Waals surface area contributed by atoms with E-state index in [0.29, 0.717) is 0 Å². The van der Waals surface area contributed by atoms with Crippen molar-refractivity contribution in [1.29, 1.82) is 0 Å². The molecular formula is C10H12U2. The van der Waals surface area contributed by atoms with E-state index >= 15 is 0 Å². The van der Waals surface area contributed by atoms with E-state index in [-0.39, 0.29) is 62.2 Å². The van der Waals surface area contributed by atoms with E-state index < -0.39 is 0 Å². The molecule has 0 heterocycles. The summed E-state index contributed by atoms with van der Waals surface area (Å²) in [4.78, 5) is 0. The zero-order valence-electron chi connectivity index (χ0n) is 7.35. The summed E-state index contributed by atoms with van der Waals surface area (Å²) in [6.07, 6.45) is 2.00. The first-order valence-corrected chi connectivity index (χ1v) is 3.59. The fourth-order valence-corrected chi connectivity index (χ4v) is 0.980. The maximum absolute atomic E-state index is 3.79. The standard InChI is InChI=1S/C10H12.2U/c1-3-5-10-7-4-6-9(2)8-10;;/h4,6,8H,1,3,5H2,2H3;;/q-2;;+2. The maximum atomic E-state index is 3.79. The van der Waals surface area contributed by atoms with Gasteiger partial charge in [0.2, 0.25) is 0 Å². The molecule has 0 radical (unpaired) electrons. The molecule has 0 bridgehead atoms. The molecule has 0 aromatic heterocycles. The first kappa shape index (κ1) is 15.8. The molecule has 1 aromatic carbocycles. The summed E-state index contributed by atoms with van der Waals surface area (Å²) in [7, 11) is 0. The van der Waals surface area contributed by atoms with Crippen molar-refractivity contribution >= 4 is 0 Å². The third-order valence-electron chi connectivity index (χ3n) is 1.46. The van der Waals surface area contributed by atoms with Crippen molar-refractivity contribution in [3.63, 3.8) is 0 Å². The third-order valence-corrected chi connectivity index (χ3v) is 1.46. The Bertz CT molecular complexity index is 209. The van der Waals surface area contributed by atoms with Gasteiger partial charge in [-0.05, 0) is 0 Å². The molecular weight excluding hydrogens is 596 g/mol. The zero-order valence-corrected chi connectivity index (χ0v) is 15.7. The number of benzene rings is 1. The van der Waals surface area contributed by atoms with Gasteiger partial charge in [0, 0.05) is 31.1 Å². The molecule has 0 nitrogen and oxygen atoms in total. The number of hydrogen-bond donors (Lipinski definition) is 0. The van der Waals surface area contributed by atoms with Gasteiger partial charge in [-0.1, -0.05) is 13.3 Å². The van der Waals surface area contributed by atoms with Crippen LogP contribution in [0, 0.1) is 82.1 Å². The minimum atomic E-state index is 0. The molecule has 0 aliphatic rings. The molecule has 0 unspecified atom stereocenters. The van der Waals surface area contributed by atoms with Gasteiger partial charge in [0.25, 0.3) is 0 Å². The zero-order chi connectivity index (χ0) is 7.40. The molecule has 0 N–H and O–H groups in total. The van der Waals surface area contributed by atoms with Crippen LogP contribution in [0.1, 0.15) is 17.5 Å². The number of rotatable bonds is 2. The van der Waals surface area contributed by atoms with Crippen LogP contribution in [0.5, 0.6) is 0 Å². The SMILES string of the molecule is [CH2-]CCc1[c-]ccc(C)c1.[U+2].[U]. The van der Waals surface area contributed by atoms with Crippen LogP contribution in [0.3, 0.4) is 0 Å². The Labute approximate surface area is 123 Å². The smallest absolute Gasteiger partial charge is 0.343 e. The van der Waals surface area contributed by atoms with Crippen molar-refractivity contribution in [3.8, 4) is 0 Å². The molecule has 12 heavy (non-hydrogen) atoms. The summed E-state index contributed by atoms with van der Waals surface area (Å²) in [5.41, 5.74) is 2.58. The van der Waals surface area contributed by atoms with E-state index in [1.165, 1.54) is 11.1 Å². The van der Waals surface area contributed by atoms with Crippen LogP contribution >= 0.6 is 0 Å². The van der Waals surface area contributed by atoms with Crippen molar-refractivity contribution in [3.05, 3.63) is 42.3 Å². The first-order chi connectivity index (χ1) is 4.83. The second kappa shape index (κ2) is 8.90. The number of hydrogen-bond acceptors (Lipinski definition) is 0. The molecule has 0 saturated heterocycles. The van der Waals surface area contributed by atoms with Crippen LogP contribution in [0.4, 0.5) is 0 Å². The fourth-order valence-electron chi connectivity index (χ4n) is 0.980. The predicted octanol–water partition coefficient (Wildman–Crippen LogP) is 2.56. The maximum Gasteiger partial charge on any atom is 2.00 e. The van der Waals surface area contributed by atoms with E-state index in [0.717, 1.165) is 12.8 Å². The molecule has 0 amide bonds. The van der Waals surface area contributed by atoms with Crippen LogP contribution in [0.15, 0.2) is 18.2 Å². The third kappa shape index (κ3) is 5.88. The van der Waals surface area contributed by atoms with Crippen LogP contribution in [0.25, 0.3) is 0 Å². The minimum Gasteiger partial charge on any atom is -0.343 e. The average Bonchev–Trinajstić information content (AvgIpc) is 1.88. The molecule has 0 spiro atoms. The predicted molar refractivity (Wildman–Crippen MR) is 43.7 cm³/mol. The molecule has 0 fully saturated rings. The van der Waals surface area contributed by atoms with Crippen molar-refractivity contribution in [2.75, 3.05) is 0 Å². The Kier molecular flexibility index (Phi) is 11.7. The summed E-state index contributed by atoms with van der Waals surface area (Å²) in [5.74, 6) is 0. The monoisotopic (exact) mass is 608 g/mol. The molecule has 0 saturated carbocycles. The second-order valence-electron chi connectivity index (χ2n) is 2.49. The van der Waals surface area contributed by atoms with E-state index in [4.69, 9.17) is 0 Å². The van der Waals surface area contributed by atoms with E-state index in [9.17, 15) is 0 Å². The summed E-state index contributed by atoms with van der Waals surface area (Å²) in [5, 5.41) is 0. The Morgan fingerprint density at radius 1 is 1.50 bits per heavy atom. The summed E-state index contributed by atoms with van der Waals surface area (Å²) in [6, 6.07) is 9.36. The van der Waals surface area contributed by atoms with Gasteiger partial charge >= 0.3 is 31.1 Å². The van der Waals surface area contributed by atoms with E-state index in [2.05, 4.69) is 32.0 Å². The van der Waals surface area contributed by atoms with Gasteiger partial charge < -0.3 is 6.92 Å². The normalized spacial score (nSPS) is 8.17. The van der Waals surface area contributed by atoms with Gasteiger partial charge in [-0.2, -0.15) is 41.8 Å². The van der Waals surface area contributed by atoms with Gasteiger partial charge in [-0.25, -0.2) is 0 Å². The van der Waals surface area contributed by atoms with Crippen LogP contribution in [-0.4, -0.2) is 0 Å². The molecule has 1 rings (SSSR count). The van der Waals surface area contributed by atoms with Crippen molar-refractivity contribution in [2.45, 2.75) is 19.8 Å². The Morgan fingerprint density at radius 2 is 2.17 bits per heavy atom. The summed E-state index contributed by atoms with van der Waals surface area (Å²) >= 11 is 0. The summed E-state index contributed by atoms with van der Waals surface area (Å²) < 4.78 is 0. The van der Waals surface area contributed by atoms with Gasteiger partial charge in [-0.15, -0.1) is 0 Å². The van der Waals surface area contributed by atoms with Gasteiger partial charge in [0.1, 0.15) is 0 Å². The Morgan fingerprint density at radius 3 is 2.67 bits per heavy atom. The Hall–Kier alpha value is 1.32. The van der Waals surface area contributed by atoms with E-state index in [1.54, 1.807) is 0 Å². The largest absolute Gasteiger partial charge is 2.00 e. The van der Waals surface area contributed by atoms with Crippen molar-refractivity contribution < 1.29 is 62.2 Å². The minimum absolute atomic E-state index is 0. The molecule has 0 atom stereocenters. The quantitative estimate of drug-likeness (QED) is 0.454. The van der Waals surface area contributed by atoms with Gasteiger partial charge in [0.15, 0.2) is 0 Å². The summed E-state index contributed by atoms with van der Waals surface area (Å²) in [6.45, 7) is 5.89. The Balaban J connectivity index is 0. The second-order valence-corrected chi connectivity index (χ2v) is 2.49. The van der Waals surface area contributed by atoms with Crippen LogP contribution in [0.2, 0.25) is 0 Å². The van der Waals surface area contributed by atoms with E-state index in [1.807, 2.05) is 6.07 Å². The van der Waals surface area contributed by atoms with Crippen molar-refractivity contribution in [1.82, 2.24) is 0 Å². The van der Waals surface area contributed by atoms with Crippen LogP contribution in [-0.2, 0) is 6.42 Å². The molecule has 2 heteroatoms. The topological polar surface area (TPSA) is 0 Å². The number of aryl methyl sites for hydroxylation is 2. The molecule has 0 aliphatic heterocycles. The fraction of sp³-hybridized carbons (Fsp3) is 0.300.